The lowest BCUT2D eigenvalue weighted by atomic mass is 9.93. The summed E-state index contributed by atoms with van der Waals surface area (Å²) in [5.41, 5.74) is 0.988. The molecule has 0 spiro atoms. The van der Waals surface area contributed by atoms with E-state index >= 15 is 0 Å². The number of rotatable bonds is 6. The molecule has 0 aromatic heterocycles. The zero-order valence-corrected chi connectivity index (χ0v) is 10.4. The average Bonchev–Trinajstić information content (AvgIpc) is 2.34. The second-order valence-corrected chi connectivity index (χ2v) is 4.08. The van der Waals surface area contributed by atoms with Gasteiger partial charge in [-0.15, -0.1) is 0 Å². The number of carbonyl (C=O) groups is 1. The molecule has 0 saturated heterocycles. The summed E-state index contributed by atoms with van der Waals surface area (Å²) in [7, 11) is 0. The van der Waals surface area contributed by atoms with Gasteiger partial charge in [-0.05, 0) is 36.5 Å². The monoisotopic (exact) mass is 238 g/mol. The van der Waals surface area contributed by atoms with Gasteiger partial charge in [0.1, 0.15) is 5.82 Å². The van der Waals surface area contributed by atoms with Crippen LogP contribution in [0.5, 0.6) is 0 Å². The maximum absolute atomic E-state index is 12.8. The van der Waals surface area contributed by atoms with Crippen LogP contribution in [0.1, 0.15) is 44.6 Å². The molecule has 3 heteroatoms. The van der Waals surface area contributed by atoms with Crippen molar-refractivity contribution in [3.63, 3.8) is 0 Å². The Bertz CT molecular complexity index is 346. The number of esters is 1. The molecule has 0 aliphatic rings. The van der Waals surface area contributed by atoms with Crippen molar-refractivity contribution in [1.29, 1.82) is 0 Å². The predicted octanol–water partition coefficient (Wildman–Crippen LogP) is 3.66. The topological polar surface area (TPSA) is 26.3 Å². The molecule has 17 heavy (non-hydrogen) atoms. The second-order valence-electron chi connectivity index (χ2n) is 4.08. The Kier molecular flexibility index (Phi) is 5.67. The second kappa shape index (κ2) is 7.05. The SMILES string of the molecule is CCCOC(=O)CC(CC)c1ccc(F)cc1. The van der Waals surface area contributed by atoms with Gasteiger partial charge in [-0.25, -0.2) is 4.39 Å². The summed E-state index contributed by atoms with van der Waals surface area (Å²) in [5, 5.41) is 0. The first-order valence-corrected chi connectivity index (χ1v) is 6.08. The summed E-state index contributed by atoms with van der Waals surface area (Å²) in [6, 6.07) is 6.32. The molecule has 94 valence electrons. The lowest BCUT2D eigenvalue weighted by molar-refractivity contribution is -0.144. The highest BCUT2D eigenvalue weighted by Crippen LogP contribution is 2.23. The molecular formula is C14H19FO2. The van der Waals surface area contributed by atoms with Gasteiger partial charge in [-0.3, -0.25) is 4.79 Å². The molecule has 0 bridgehead atoms. The minimum atomic E-state index is -0.253. The number of ether oxygens (including phenoxy) is 1. The Morgan fingerprint density at radius 1 is 1.29 bits per heavy atom. The first-order chi connectivity index (χ1) is 8.17. The van der Waals surface area contributed by atoms with Gasteiger partial charge in [0.05, 0.1) is 13.0 Å². The average molecular weight is 238 g/mol. The number of halogens is 1. The molecule has 0 radical (unpaired) electrons. The summed E-state index contributed by atoms with van der Waals surface area (Å²) in [6.07, 6.45) is 2.04. The Labute approximate surface area is 102 Å². The third kappa shape index (κ3) is 4.55. The van der Waals surface area contributed by atoms with Gasteiger partial charge in [0.2, 0.25) is 0 Å². The predicted molar refractivity (Wildman–Crippen MR) is 65.3 cm³/mol. The van der Waals surface area contributed by atoms with Crippen molar-refractivity contribution in [2.75, 3.05) is 6.61 Å². The lowest BCUT2D eigenvalue weighted by Gasteiger charge is -2.14. The summed E-state index contributed by atoms with van der Waals surface area (Å²) < 4.78 is 17.8. The molecule has 1 atom stereocenters. The van der Waals surface area contributed by atoms with Crippen molar-refractivity contribution in [2.45, 2.75) is 39.0 Å². The quantitative estimate of drug-likeness (QED) is 0.707. The molecule has 0 aliphatic carbocycles. The fraction of sp³-hybridized carbons (Fsp3) is 0.500. The molecule has 1 unspecified atom stereocenters. The van der Waals surface area contributed by atoms with Gasteiger partial charge in [0, 0.05) is 0 Å². The molecule has 0 saturated carbocycles. The first-order valence-electron chi connectivity index (χ1n) is 6.08. The normalized spacial score (nSPS) is 12.2. The van der Waals surface area contributed by atoms with E-state index in [2.05, 4.69) is 0 Å². The standard InChI is InChI=1S/C14H19FO2/c1-3-9-17-14(16)10-11(4-2)12-5-7-13(15)8-6-12/h5-8,11H,3-4,9-10H2,1-2H3. The Morgan fingerprint density at radius 2 is 1.94 bits per heavy atom. The molecule has 0 N–H and O–H groups in total. The minimum absolute atomic E-state index is 0.111. The molecule has 0 heterocycles. The van der Waals surface area contributed by atoms with E-state index in [0.717, 1.165) is 18.4 Å². The molecule has 1 aromatic rings. The maximum Gasteiger partial charge on any atom is 0.306 e. The van der Waals surface area contributed by atoms with Gasteiger partial charge < -0.3 is 4.74 Å². The van der Waals surface area contributed by atoms with Crippen molar-refractivity contribution in [3.8, 4) is 0 Å². The van der Waals surface area contributed by atoms with Crippen LogP contribution in [0.4, 0.5) is 4.39 Å². The van der Waals surface area contributed by atoms with Crippen molar-refractivity contribution < 1.29 is 13.9 Å². The van der Waals surface area contributed by atoms with E-state index in [4.69, 9.17) is 4.74 Å². The summed E-state index contributed by atoms with van der Waals surface area (Å²) in [5.74, 6) is -0.319. The smallest absolute Gasteiger partial charge is 0.306 e. The highest BCUT2D eigenvalue weighted by Gasteiger charge is 2.15. The van der Waals surface area contributed by atoms with Gasteiger partial charge >= 0.3 is 5.97 Å². The molecule has 0 fully saturated rings. The summed E-state index contributed by atoms with van der Waals surface area (Å²) in [6.45, 7) is 4.45. The zero-order chi connectivity index (χ0) is 12.7. The fourth-order valence-corrected chi connectivity index (χ4v) is 1.71. The molecule has 0 aliphatic heterocycles. The number of hydrogen-bond acceptors (Lipinski definition) is 2. The third-order valence-electron chi connectivity index (χ3n) is 2.71. The van der Waals surface area contributed by atoms with Crippen LogP contribution in [0.15, 0.2) is 24.3 Å². The van der Waals surface area contributed by atoms with Gasteiger partial charge in [-0.2, -0.15) is 0 Å². The highest BCUT2D eigenvalue weighted by atomic mass is 19.1. The van der Waals surface area contributed by atoms with Gasteiger partial charge in [0.25, 0.3) is 0 Å². The Morgan fingerprint density at radius 3 is 2.47 bits per heavy atom. The van der Waals surface area contributed by atoms with Crippen LogP contribution in [-0.4, -0.2) is 12.6 Å². The third-order valence-corrected chi connectivity index (χ3v) is 2.71. The Hall–Kier alpha value is -1.38. The minimum Gasteiger partial charge on any atom is -0.466 e. The summed E-state index contributed by atoms with van der Waals surface area (Å²) >= 11 is 0. The van der Waals surface area contributed by atoms with Crippen LogP contribution in [0.3, 0.4) is 0 Å². The molecule has 1 aromatic carbocycles. The van der Waals surface area contributed by atoms with Crippen LogP contribution in [0, 0.1) is 5.82 Å². The largest absolute Gasteiger partial charge is 0.466 e. The number of carbonyl (C=O) groups excluding carboxylic acids is 1. The molecular weight excluding hydrogens is 219 g/mol. The van der Waals surface area contributed by atoms with E-state index in [-0.39, 0.29) is 17.7 Å². The first kappa shape index (κ1) is 13.7. The fourth-order valence-electron chi connectivity index (χ4n) is 1.71. The van der Waals surface area contributed by atoms with Crippen LogP contribution >= 0.6 is 0 Å². The summed E-state index contributed by atoms with van der Waals surface area (Å²) in [4.78, 5) is 11.5. The van der Waals surface area contributed by atoms with Crippen LogP contribution < -0.4 is 0 Å². The van der Waals surface area contributed by atoms with Crippen molar-refractivity contribution in [3.05, 3.63) is 35.6 Å². The van der Waals surface area contributed by atoms with Gasteiger partial charge in [0.15, 0.2) is 0 Å². The van der Waals surface area contributed by atoms with E-state index in [0.29, 0.717) is 13.0 Å². The van der Waals surface area contributed by atoms with E-state index in [9.17, 15) is 9.18 Å². The molecule has 1 rings (SSSR count). The molecule has 2 nitrogen and oxygen atoms in total. The van der Waals surface area contributed by atoms with E-state index in [1.54, 1.807) is 12.1 Å². The highest BCUT2D eigenvalue weighted by molar-refractivity contribution is 5.70. The molecule has 0 amide bonds. The van der Waals surface area contributed by atoms with Crippen LogP contribution in [0.25, 0.3) is 0 Å². The van der Waals surface area contributed by atoms with Crippen molar-refractivity contribution >= 4 is 5.97 Å². The number of benzene rings is 1. The van der Waals surface area contributed by atoms with Gasteiger partial charge in [-0.1, -0.05) is 26.0 Å². The van der Waals surface area contributed by atoms with E-state index < -0.39 is 0 Å². The zero-order valence-electron chi connectivity index (χ0n) is 10.4. The number of hydrogen-bond donors (Lipinski definition) is 0. The maximum atomic E-state index is 12.8. The Balaban J connectivity index is 2.59. The van der Waals surface area contributed by atoms with Crippen LogP contribution in [0.2, 0.25) is 0 Å². The van der Waals surface area contributed by atoms with E-state index in [1.807, 2.05) is 13.8 Å². The lowest BCUT2D eigenvalue weighted by Crippen LogP contribution is -2.10. The van der Waals surface area contributed by atoms with Crippen LogP contribution in [-0.2, 0) is 9.53 Å². The van der Waals surface area contributed by atoms with Crippen molar-refractivity contribution in [1.82, 2.24) is 0 Å². The van der Waals surface area contributed by atoms with E-state index in [1.165, 1.54) is 12.1 Å². The van der Waals surface area contributed by atoms with Crippen molar-refractivity contribution in [2.24, 2.45) is 0 Å².